The third-order valence-electron chi connectivity index (χ3n) is 1.87. The molecule has 0 aromatic rings. The molecule has 0 heterocycles. The van der Waals surface area contributed by atoms with Crippen LogP contribution in [0.15, 0.2) is 0 Å². The van der Waals surface area contributed by atoms with Crippen molar-refractivity contribution in [1.82, 2.24) is 5.32 Å². The summed E-state index contributed by atoms with van der Waals surface area (Å²) in [7, 11) is 0. The summed E-state index contributed by atoms with van der Waals surface area (Å²) < 4.78 is 35.5. The molecule has 0 unspecified atom stereocenters. The van der Waals surface area contributed by atoms with E-state index >= 15 is 0 Å². The third kappa shape index (κ3) is 4.15. The summed E-state index contributed by atoms with van der Waals surface area (Å²) in [5, 5.41) is 2.34. The van der Waals surface area contributed by atoms with Gasteiger partial charge in [-0.2, -0.15) is 13.2 Å². The summed E-state index contributed by atoms with van der Waals surface area (Å²) in [4.78, 5) is 11.0. The van der Waals surface area contributed by atoms with Crippen LogP contribution in [0.25, 0.3) is 0 Å². The van der Waals surface area contributed by atoms with Gasteiger partial charge < -0.3 is 5.32 Å². The highest BCUT2D eigenvalue weighted by Gasteiger charge is 2.34. The molecule has 0 bridgehead atoms. The number of rotatable bonds is 3. The first kappa shape index (κ1) is 10.3. The standard InChI is InChI=1S/C8H12F3NO/c1-5(4-8(9,10)11)12-7(13)6-2-3-6/h5-6H,2-4H2,1H3,(H,12,13)/t5-/m0/s1. The van der Waals surface area contributed by atoms with Crippen molar-refractivity contribution in [1.29, 1.82) is 0 Å². The SMILES string of the molecule is C[C@@H](CC(F)(F)F)NC(=O)C1CC1. The van der Waals surface area contributed by atoms with Gasteiger partial charge in [0.2, 0.25) is 5.91 Å². The van der Waals surface area contributed by atoms with Crippen molar-refractivity contribution in [2.75, 3.05) is 0 Å². The van der Waals surface area contributed by atoms with Crippen molar-refractivity contribution in [3.8, 4) is 0 Å². The molecule has 0 spiro atoms. The molecule has 1 aliphatic carbocycles. The van der Waals surface area contributed by atoms with Crippen LogP contribution < -0.4 is 5.32 Å². The summed E-state index contributed by atoms with van der Waals surface area (Å²) in [6.45, 7) is 1.37. The van der Waals surface area contributed by atoms with Crippen molar-refractivity contribution in [3.05, 3.63) is 0 Å². The summed E-state index contributed by atoms with van der Waals surface area (Å²) in [5.41, 5.74) is 0. The van der Waals surface area contributed by atoms with Gasteiger partial charge in [0.25, 0.3) is 0 Å². The molecule has 0 saturated heterocycles. The smallest absolute Gasteiger partial charge is 0.353 e. The quantitative estimate of drug-likeness (QED) is 0.731. The van der Waals surface area contributed by atoms with E-state index in [0.717, 1.165) is 12.8 Å². The summed E-state index contributed by atoms with van der Waals surface area (Å²) >= 11 is 0. The molecule has 76 valence electrons. The number of carbonyl (C=O) groups excluding carboxylic acids is 1. The number of nitrogens with one attached hydrogen (secondary N) is 1. The van der Waals surface area contributed by atoms with Crippen molar-refractivity contribution >= 4 is 5.91 Å². The van der Waals surface area contributed by atoms with Crippen LogP contribution in [-0.4, -0.2) is 18.1 Å². The van der Waals surface area contributed by atoms with Crippen molar-refractivity contribution in [2.24, 2.45) is 5.92 Å². The van der Waals surface area contributed by atoms with Gasteiger partial charge in [-0.15, -0.1) is 0 Å². The van der Waals surface area contributed by atoms with Crippen LogP contribution in [-0.2, 0) is 4.79 Å². The Labute approximate surface area is 74.5 Å². The second-order valence-electron chi connectivity index (χ2n) is 3.50. The normalized spacial score (nSPS) is 19.7. The lowest BCUT2D eigenvalue weighted by Crippen LogP contribution is -2.36. The Morgan fingerprint density at radius 2 is 2.08 bits per heavy atom. The zero-order chi connectivity index (χ0) is 10.1. The third-order valence-corrected chi connectivity index (χ3v) is 1.87. The first-order valence-electron chi connectivity index (χ1n) is 4.25. The second-order valence-corrected chi connectivity index (χ2v) is 3.50. The van der Waals surface area contributed by atoms with Gasteiger partial charge in [-0.1, -0.05) is 0 Å². The summed E-state index contributed by atoms with van der Waals surface area (Å²) in [5.74, 6) is -0.271. The molecule has 1 aliphatic rings. The van der Waals surface area contributed by atoms with E-state index in [9.17, 15) is 18.0 Å². The molecule has 0 aromatic carbocycles. The molecule has 0 radical (unpaired) electrons. The molecule has 1 N–H and O–H groups in total. The van der Waals surface area contributed by atoms with E-state index in [1.54, 1.807) is 0 Å². The van der Waals surface area contributed by atoms with Gasteiger partial charge in [0, 0.05) is 12.0 Å². The van der Waals surface area contributed by atoms with E-state index in [4.69, 9.17) is 0 Å². The van der Waals surface area contributed by atoms with Crippen LogP contribution in [0.2, 0.25) is 0 Å². The van der Waals surface area contributed by atoms with Crippen LogP contribution in [0.3, 0.4) is 0 Å². The lowest BCUT2D eigenvalue weighted by atomic mass is 10.2. The molecule has 5 heteroatoms. The predicted octanol–water partition coefficient (Wildman–Crippen LogP) is 1.85. The van der Waals surface area contributed by atoms with Gasteiger partial charge in [-0.25, -0.2) is 0 Å². The number of carbonyl (C=O) groups is 1. The van der Waals surface area contributed by atoms with E-state index in [2.05, 4.69) is 5.32 Å². The molecular formula is C8H12F3NO. The Balaban J connectivity index is 2.23. The van der Waals surface area contributed by atoms with E-state index in [0.29, 0.717) is 0 Å². The number of hydrogen-bond acceptors (Lipinski definition) is 1. The summed E-state index contributed by atoms with van der Waals surface area (Å²) in [6.07, 6.45) is -3.53. The molecule has 1 atom stereocenters. The maximum Gasteiger partial charge on any atom is 0.391 e. The maximum absolute atomic E-state index is 11.8. The molecule has 1 amide bonds. The van der Waals surface area contributed by atoms with Crippen molar-refractivity contribution in [3.63, 3.8) is 0 Å². The number of halogens is 3. The van der Waals surface area contributed by atoms with E-state index in [1.165, 1.54) is 6.92 Å². The number of alkyl halides is 3. The van der Waals surface area contributed by atoms with Crippen LogP contribution in [0.4, 0.5) is 13.2 Å². The molecule has 1 saturated carbocycles. The van der Waals surface area contributed by atoms with Crippen LogP contribution in [0.5, 0.6) is 0 Å². The second kappa shape index (κ2) is 3.55. The fourth-order valence-electron chi connectivity index (χ4n) is 1.10. The minimum absolute atomic E-state index is 0.0318. The molecular weight excluding hydrogens is 183 g/mol. The largest absolute Gasteiger partial charge is 0.391 e. The topological polar surface area (TPSA) is 29.1 Å². The average Bonchev–Trinajstić information content (AvgIpc) is 2.60. The van der Waals surface area contributed by atoms with Gasteiger partial charge in [-0.3, -0.25) is 4.79 Å². The van der Waals surface area contributed by atoms with Crippen molar-refractivity contribution < 1.29 is 18.0 Å². The molecule has 2 nitrogen and oxygen atoms in total. The summed E-state index contributed by atoms with van der Waals surface area (Å²) in [6, 6.07) is -0.812. The van der Waals surface area contributed by atoms with Crippen LogP contribution >= 0.6 is 0 Å². The Hall–Kier alpha value is -0.740. The lowest BCUT2D eigenvalue weighted by molar-refractivity contribution is -0.141. The fraction of sp³-hybridized carbons (Fsp3) is 0.875. The Bertz CT molecular complexity index is 198. The van der Waals surface area contributed by atoms with Crippen molar-refractivity contribution in [2.45, 2.75) is 38.4 Å². The Kier molecular flexibility index (Phi) is 2.83. The number of hydrogen-bond donors (Lipinski definition) is 1. The molecule has 1 rings (SSSR count). The van der Waals surface area contributed by atoms with Gasteiger partial charge in [0.1, 0.15) is 0 Å². The lowest BCUT2D eigenvalue weighted by Gasteiger charge is -2.15. The number of amides is 1. The first-order chi connectivity index (χ1) is 5.88. The van der Waals surface area contributed by atoms with Crippen LogP contribution in [0, 0.1) is 5.92 Å². The van der Waals surface area contributed by atoms with Crippen LogP contribution in [0.1, 0.15) is 26.2 Å². The minimum atomic E-state index is -4.20. The minimum Gasteiger partial charge on any atom is -0.353 e. The van der Waals surface area contributed by atoms with E-state index in [-0.39, 0.29) is 11.8 Å². The molecule has 13 heavy (non-hydrogen) atoms. The van der Waals surface area contributed by atoms with E-state index < -0.39 is 18.6 Å². The van der Waals surface area contributed by atoms with Gasteiger partial charge in [-0.05, 0) is 19.8 Å². The Morgan fingerprint density at radius 3 is 2.46 bits per heavy atom. The van der Waals surface area contributed by atoms with Gasteiger partial charge in [0.15, 0.2) is 0 Å². The highest BCUT2D eigenvalue weighted by Crippen LogP contribution is 2.29. The predicted molar refractivity (Wildman–Crippen MR) is 41.0 cm³/mol. The zero-order valence-corrected chi connectivity index (χ0v) is 7.32. The maximum atomic E-state index is 11.8. The fourth-order valence-corrected chi connectivity index (χ4v) is 1.10. The van der Waals surface area contributed by atoms with Gasteiger partial charge in [0.05, 0.1) is 6.42 Å². The molecule has 0 aromatic heterocycles. The average molecular weight is 195 g/mol. The Morgan fingerprint density at radius 1 is 1.54 bits per heavy atom. The molecule has 1 fully saturated rings. The van der Waals surface area contributed by atoms with Gasteiger partial charge >= 0.3 is 6.18 Å². The monoisotopic (exact) mass is 195 g/mol. The van der Waals surface area contributed by atoms with E-state index in [1.807, 2.05) is 0 Å². The molecule has 0 aliphatic heterocycles. The first-order valence-corrected chi connectivity index (χ1v) is 4.25. The highest BCUT2D eigenvalue weighted by atomic mass is 19.4. The highest BCUT2D eigenvalue weighted by molar-refractivity contribution is 5.81. The zero-order valence-electron chi connectivity index (χ0n) is 7.32.